The summed E-state index contributed by atoms with van der Waals surface area (Å²) in [6.45, 7) is 4.83. The maximum absolute atomic E-state index is 10.9. The fourth-order valence-corrected chi connectivity index (χ4v) is 1.41. The molecule has 1 N–H and O–H groups in total. The van der Waals surface area contributed by atoms with Crippen molar-refractivity contribution in [2.75, 3.05) is 0 Å². The van der Waals surface area contributed by atoms with Crippen LogP contribution in [0.25, 0.3) is 0 Å². The lowest BCUT2D eigenvalue weighted by atomic mass is 10.0. The van der Waals surface area contributed by atoms with Crippen LogP contribution in [0.2, 0.25) is 0 Å². The van der Waals surface area contributed by atoms with E-state index in [9.17, 15) is 10.1 Å². The van der Waals surface area contributed by atoms with Crippen molar-refractivity contribution in [3.05, 3.63) is 28.3 Å². The smallest absolute Gasteiger partial charge is 0.305 e. The Bertz CT molecular complexity index is 487. The number of hydrogen-bond donors (Lipinski definition) is 1. The van der Waals surface area contributed by atoms with E-state index in [1.807, 2.05) is 0 Å². The highest BCUT2D eigenvalue weighted by molar-refractivity contribution is 5.72. The van der Waals surface area contributed by atoms with Gasteiger partial charge in [0.25, 0.3) is 0 Å². The van der Waals surface area contributed by atoms with Crippen LogP contribution in [0.5, 0.6) is 0 Å². The first kappa shape index (κ1) is 18.3. The quantitative estimate of drug-likeness (QED) is 0.207. The molecule has 0 bridgehead atoms. The highest BCUT2D eigenvalue weighted by Crippen LogP contribution is 2.17. The Balaban J connectivity index is 0.00000361. The molecule has 0 saturated carbocycles. The topological polar surface area (TPSA) is 93.8 Å². The third kappa shape index (κ3) is 3.91. The Morgan fingerprint density at radius 1 is 1.70 bits per heavy atom. The molecule has 0 aliphatic carbocycles. The Kier molecular flexibility index (Phi) is 6.60. The van der Waals surface area contributed by atoms with Crippen LogP contribution in [-0.4, -0.2) is 32.6 Å². The standard InChI is InChI=1S/C11H18N4O4.ClH/c1-9(11(2,3)15(17)18)19-8-14-6-5-13(4)10(14)7-12-16;/h5-7,9H,8H2,1-4H3;1H. The molecule has 0 aliphatic heterocycles. The number of rotatable bonds is 6. The molecule has 9 heteroatoms. The summed E-state index contributed by atoms with van der Waals surface area (Å²) < 4.78 is 8.95. The normalized spacial score (nSPS) is 13.2. The lowest BCUT2D eigenvalue weighted by molar-refractivity contribution is -0.672. The van der Waals surface area contributed by atoms with Crippen molar-refractivity contribution in [3.8, 4) is 0 Å². The number of ether oxygens (including phenoxy) is 1. The zero-order valence-electron chi connectivity index (χ0n) is 11.9. The van der Waals surface area contributed by atoms with E-state index >= 15 is 0 Å². The molecule has 0 amide bonds. The first-order chi connectivity index (χ1) is 8.80. The van der Waals surface area contributed by atoms with Gasteiger partial charge in [-0.05, 0) is 6.92 Å². The zero-order valence-corrected chi connectivity index (χ0v) is 12.6. The lowest BCUT2D eigenvalue weighted by Gasteiger charge is -2.22. The fraction of sp³-hybridized carbons (Fsp3) is 0.636. The Morgan fingerprint density at radius 2 is 2.30 bits per heavy atom. The number of halogens is 1. The summed E-state index contributed by atoms with van der Waals surface area (Å²) in [5.41, 5.74) is -1.17. The van der Waals surface area contributed by atoms with E-state index in [1.54, 1.807) is 35.5 Å². The Hall–Kier alpha value is -1.67. The number of aryl methyl sites for hydroxylation is 1. The van der Waals surface area contributed by atoms with E-state index in [0.717, 1.165) is 0 Å². The summed E-state index contributed by atoms with van der Waals surface area (Å²) >= 11 is 0. The summed E-state index contributed by atoms with van der Waals surface area (Å²) in [6, 6.07) is 0. The molecule has 114 valence electrons. The van der Waals surface area contributed by atoms with Gasteiger partial charge in [-0.1, -0.05) is 5.16 Å². The molecule has 1 heterocycles. The van der Waals surface area contributed by atoms with Crippen LogP contribution >= 0.6 is 0 Å². The molecule has 1 aromatic rings. The van der Waals surface area contributed by atoms with Gasteiger partial charge in [0.15, 0.2) is 12.9 Å². The molecule has 1 rings (SSSR count). The second-order valence-electron chi connectivity index (χ2n) is 4.83. The van der Waals surface area contributed by atoms with E-state index in [0.29, 0.717) is 5.82 Å². The van der Waals surface area contributed by atoms with E-state index < -0.39 is 11.6 Å². The average molecular weight is 307 g/mol. The first-order valence-electron chi connectivity index (χ1n) is 5.79. The predicted octanol–water partition coefficient (Wildman–Crippen LogP) is -2.46. The molecular weight excluding hydrogens is 288 g/mol. The van der Waals surface area contributed by atoms with Gasteiger partial charge in [0, 0.05) is 18.8 Å². The van der Waals surface area contributed by atoms with Crippen molar-refractivity contribution in [1.29, 1.82) is 0 Å². The highest BCUT2D eigenvalue weighted by atomic mass is 35.5. The second kappa shape index (κ2) is 7.20. The van der Waals surface area contributed by atoms with Crippen LogP contribution in [0.15, 0.2) is 17.5 Å². The van der Waals surface area contributed by atoms with Gasteiger partial charge in [0.1, 0.15) is 18.5 Å². The molecule has 0 aliphatic rings. The molecule has 1 aromatic heterocycles. The number of nitrogens with zero attached hydrogens (tertiary/aromatic N) is 4. The van der Waals surface area contributed by atoms with Crippen LogP contribution in [-0.2, 0) is 18.5 Å². The summed E-state index contributed by atoms with van der Waals surface area (Å²) in [5.74, 6) is 0.619. The number of nitro groups is 1. The minimum Gasteiger partial charge on any atom is -1.00 e. The van der Waals surface area contributed by atoms with Crippen molar-refractivity contribution in [3.63, 3.8) is 0 Å². The lowest BCUT2D eigenvalue weighted by Crippen LogP contribution is -3.00. The van der Waals surface area contributed by atoms with E-state index in [-0.39, 0.29) is 24.1 Å². The number of aromatic nitrogens is 2. The number of imidazole rings is 1. The molecule has 0 saturated heterocycles. The molecule has 0 radical (unpaired) electrons. The first-order valence-corrected chi connectivity index (χ1v) is 5.79. The SMILES string of the molecule is CC(OCn1cc[n+](C)c1/C=N\O)C(C)(C)[N+](=O)[O-].[Cl-]. The minimum atomic E-state index is -1.17. The number of hydrogen-bond acceptors (Lipinski definition) is 5. The van der Waals surface area contributed by atoms with Crippen LogP contribution in [0.4, 0.5) is 0 Å². The maximum atomic E-state index is 10.9. The summed E-state index contributed by atoms with van der Waals surface area (Å²) in [6.07, 6.45) is 4.22. The summed E-state index contributed by atoms with van der Waals surface area (Å²) in [5, 5.41) is 22.5. The second-order valence-corrected chi connectivity index (χ2v) is 4.83. The van der Waals surface area contributed by atoms with Crippen molar-refractivity contribution >= 4 is 6.21 Å². The fourth-order valence-electron chi connectivity index (χ4n) is 1.41. The van der Waals surface area contributed by atoms with Gasteiger partial charge in [-0.3, -0.25) is 10.1 Å². The molecule has 0 aromatic carbocycles. The molecule has 1 unspecified atom stereocenters. The van der Waals surface area contributed by atoms with Crippen molar-refractivity contribution in [1.82, 2.24) is 4.57 Å². The monoisotopic (exact) mass is 306 g/mol. The van der Waals surface area contributed by atoms with Gasteiger partial charge in [0.05, 0.1) is 7.05 Å². The average Bonchev–Trinajstić information content (AvgIpc) is 2.68. The zero-order chi connectivity index (χ0) is 14.6. The third-order valence-electron chi connectivity index (χ3n) is 3.23. The minimum absolute atomic E-state index is 0. The predicted molar refractivity (Wildman–Crippen MR) is 66.6 cm³/mol. The summed E-state index contributed by atoms with van der Waals surface area (Å²) in [7, 11) is 1.79. The van der Waals surface area contributed by atoms with Crippen LogP contribution < -0.4 is 17.0 Å². The number of oxime groups is 1. The van der Waals surface area contributed by atoms with Gasteiger partial charge in [-0.15, -0.1) is 0 Å². The molecule has 0 fully saturated rings. The van der Waals surface area contributed by atoms with Crippen LogP contribution in [0.3, 0.4) is 0 Å². The Labute approximate surface area is 123 Å². The maximum Gasteiger partial charge on any atom is 0.305 e. The van der Waals surface area contributed by atoms with Crippen molar-refractivity contribution in [2.24, 2.45) is 12.2 Å². The summed E-state index contributed by atoms with van der Waals surface area (Å²) in [4.78, 5) is 10.6. The van der Waals surface area contributed by atoms with Gasteiger partial charge in [-0.25, -0.2) is 9.13 Å². The van der Waals surface area contributed by atoms with Gasteiger partial charge < -0.3 is 22.4 Å². The molecule has 8 nitrogen and oxygen atoms in total. The van der Waals surface area contributed by atoms with Crippen molar-refractivity contribution < 1.29 is 31.8 Å². The van der Waals surface area contributed by atoms with Crippen LogP contribution in [0, 0.1) is 10.1 Å². The van der Waals surface area contributed by atoms with Gasteiger partial charge >= 0.3 is 5.82 Å². The Morgan fingerprint density at radius 3 is 2.80 bits per heavy atom. The largest absolute Gasteiger partial charge is 1.00 e. The van der Waals surface area contributed by atoms with E-state index in [2.05, 4.69) is 5.16 Å². The van der Waals surface area contributed by atoms with E-state index in [1.165, 1.54) is 20.1 Å². The third-order valence-corrected chi connectivity index (χ3v) is 3.23. The van der Waals surface area contributed by atoms with Gasteiger partial charge in [-0.2, -0.15) is 0 Å². The molecular formula is C11H19ClN4O4. The molecule has 0 spiro atoms. The molecule has 20 heavy (non-hydrogen) atoms. The highest BCUT2D eigenvalue weighted by Gasteiger charge is 2.39. The van der Waals surface area contributed by atoms with Crippen molar-refractivity contribution in [2.45, 2.75) is 39.1 Å². The van der Waals surface area contributed by atoms with Gasteiger partial charge in [0.2, 0.25) is 5.54 Å². The molecule has 1 atom stereocenters. The van der Waals surface area contributed by atoms with E-state index in [4.69, 9.17) is 9.94 Å². The van der Waals surface area contributed by atoms with Crippen LogP contribution in [0.1, 0.15) is 26.6 Å².